The van der Waals surface area contributed by atoms with Gasteiger partial charge in [-0.1, -0.05) is 0 Å². The van der Waals surface area contributed by atoms with Gasteiger partial charge in [-0.3, -0.25) is 9.59 Å². The molecular formula is C5H8CrO3+3. The summed E-state index contributed by atoms with van der Waals surface area (Å²) in [5, 5.41) is 0. The Morgan fingerprint density at radius 2 is 1.78 bits per heavy atom. The summed E-state index contributed by atoms with van der Waals surface area (Å²) < 4.78 is 4.31. The number of ether oxygens (including phenoxy) is 1. The van der Waals surface area contributed by atoms with Gasteiger partial charge in [-0.2, -0.15) is 0 Å². The van der Waals surface area contributed by atoms with Crippen molar-refractivity contribution >= 4 is 11.8 Å². The van der Waals surface area contributed by atoms with E-state index in [0.29, 0.717) is 0 Å². The van der Waals surface area contributed by atoms with E-state index in [0.717, 1.165) is 0 Å². The Hall–Kier alpha value is -0.328. The van der Waals surface area contributed by atoms with Gasteiger partial charge < -0.3 is 4.74 Å². The summed E-state index contributed by atoms with van der Waals surface area (Å²) in [6.07, 6.45) is 0. The molecule has 0 bridgehead atoms. The minimum absolute atomic E-state index is 0. The van der Waals surface area contributed by atoms with Crippen molar-refractivity contribution in [2.45, 2.75) is 13.8 Å². The molecule has 0 unspecified atom stereocenters. The minimum Gasteiger partial charge on any atom is -0.458 e. The van der Waals surface area contributed by atoms with E-state index >= 15 is 0 Å². The molecule has 49 valence electrons. The van der Waals surface area contributed by atoms with Crippen LogP contribution in [0.15, 0.2) is 0 Å². The van der Waals surface area contributed by atoms with Crippen LogP contribution in [0.5, 0.6) is 0 Å². The predicted octanol–water partition coefficient (Wildman–Crippen LogP) is 0.136. The van der Waals surface area contributed by atoms with Crippen molar-refractivity contribution in [2.24, 2.45) is 0 Å². The Morgan fingerprint density at radius 1 is 1.33 bits per heavy atom. The second-order valence-corrected chi connectivity index (χ2v) is 1.48. The molecule has 0 aliphatic heterocycles. The van der Waals surface area contributed by atoms with E-state index in [9.17, 15) is 9.59 Å². The van der Waals surface area contributed by atoms with Gasteiger partial charge in [0.1, 0.15) is 6.61 Å². The van der Waals surface area contributed by atoms with Gasteiger partial charge >= 0.3 is 23.3 Å². The Labute approximate surface area is 64.5 Å². The van der Waals surface area contributed by atoms with E-state index in [1.807, 2.05) is 0 Å². The number of esters is 1. The number of carbonyl (C=O) groups is 2. The van der Waals surface area contributed by atoms with Crippen molar-refractivity contribution in [3.8, 4) is 0 Å². The molecule has 9 heavy (non-hydrogen) atoms. The molecule has 0 saturated carbocycles. The second-order valence-electron chi connectivity index (χ2n) is 1.48. The van der Waals surface area contributed by atoms with Gasteiger partial charge in [-0.15, -0.1) is 0 Å². The molecule has 0 aromatic heterocycles. The maximum atomic E-state index is 10.1. The van der Waals surface area contributed by atoms with Crippen LogP contribution < -0.4 is 0 Å². The van der Waals surface area contributed by atoms with Gasteiger partial charge in [0.15, 0.2) is 5.78 Å². The standard InChI is InChI=1S/C5H8O3.Cr/c1-4(6)3-8-5(2)7;/h3H2,1-2H3;/q;+3. The number of Topliss-reactive ketones (excluding diaryl/α,β-unsaturated/α-hetero) is 1. The van der Waals surface area contributed by atoms with E-state index in [4.69, 9.17) is 0 Å². The first-order valence-corrected chi connectivity index (χ1v) is 2.25. The van der Waals surface area contributed by atoms with Crippen molar-refractivity contribution in [1.29, 1.82) is 0 Å². The third-order valence-electron chi connectivity index (χ3n) is 0.479. The van der Waals surface area contributed by atoms with Crippen LogP contribution in [-0.4, -0.2) is 18.4 Å². The molecule has 3 nitrogen and oxygen atoms in total. The van der Waals surface area contributed by atoms with Crippen molar-refractivity contribution in [2.75, 3.05) is 6.61 Å². The zero-order valence-electron chi connectivity index (χ0n) is 5.34. The zero-order chi connectivity index (χ0) is 6.57. The van der Waals surface area contributed by atoms with Crippen LogP contribution >= 0.6 is 0 Å². The van der Waals surface area contributed by atoms with Crippen molar-refractivity contribution in [1.82, 2.24) is 0 Å². The van der Waals surface area contributed by atoms with Crippen LogP contribution in [0.1, 0.15) is 13.8 Å². The van der Waals surface area contributed by atoms with Crippen LogP contribution in [0.4, 0.5) is 0 Å². The number of hydrogen-bond acceptors (Lipinski definition) is 3. The van der Waals surface area contributed by atoms with Crippen molar-refractivity contribution in [3.63, 3.8) is 0 Å². The van der Waals surface area contributed by atoms with Crippen molar-refractivity contribution < 1.29 is 31.7 Å². The van der Waals surface area contributed by atoms with Crippen LogP contribution in [0.2, 0.25) is 0 Å². The number of carbonyl (C=O) groups excluding carboxylic acids is 2. The van der Waals surface area contributed by atoms with Crippen molar-refractivity contribution in [3.05, 3.63) is 0 Å². The fraction of sp³-hybridized carbons (Fsp3) is 0.600. The Balaban J connectivity index is 0. The monoisotopic (exact) mass is 168 g/mol. The van der Waals surface area contributed by atoms with E-state index in [2.05, 4.69) is 4.74 Å². The molecular weight excluding hydrogens is 160 g/mol. The SMILES string of the molecule is CC(=O)COC(C)=O.[Cr+3]. The molecule has 0 aromatic carbocycles. The largest absolute Gasteiger partial charge is 3.00 e. The third kappa shape index (κ3) is 11.3. The zero-order valence-corrected chi connectivity index (χ0v) is 6.62. The van der Waals surface area contributed by atoms with E-state index in [1.54, 1.807) is 0 Å². The van der Waals surface area contributed by atoms with E-state index < -0.39 is 5.97 Å². The van der Waals surface area contributed by atoms with Crippen LogP contribution in [0, 0.1) is 0 Å². The van der Waals surface area contributed by atoms with Gasteiger partial charge in [-0.05, 0) is 6.92 Å². The Morgan fingerprint density at radius 3 is 1.89 bits per heavy atom. The summed E-state index contributed by atoms with van der Waals surface area (Å²) in [6.45, 7) is 2.53. The Bertz CT molecular complexity index is 96.8. The van der Waals surface area contributed by atoms with E-state index in [1.165, 1.54) is 13.8 Å². The van der Waals surface area contributed by atoms with Gasteiger partial charge in [0, 0.05) is 6.92 Å². The normalized spacial score (nSPS) is 7.33. The van der Waals surface area contributed by atoms with Crippen LogP contribution in [0.3, 0.4) is 0 Å². The molecule has 0 rings (SSSR count). The summed E-state index contributed by atoms with van der Waals surface area (Å²) in [4.78, 5) is 20.0. The molecule has 0 heterocycles. The number of rotatable bonds is 2. The second kappa shape index (κ2) is 5.80. The smallest absolute Gasteiger partial charge is 0.458 e. The summed E-state index contributed by atoms with van der Waals surface area (Å²) in [5.41, 5.74) is 0. The quantitative estimate of drug-likeness (QED) is 0.550. The molecule has 0 amide bonds. The van der Waals surface area contributed by atoms with Gasteiger partial charge in [-0.25, -0.2) is 0 Å². The fourth-order valence-electron chi connectivity index (χ4n) is 0.203. The summed E-state index contributed by atoms with van der Waals surface area (Å²) in [7, 11) is 0. The molecule has 0 aliphatic rings. The molecule has 0 saturated heterocycles. The van der Waals surface area contributed by atoms with Gasteiger partial charge in [0.25, 0.3) is 0 Å². The molecule has 1 radical (unpaired) electrons. The first kappa shape index (κ1) is 11.5. The van der Waals surface area contributed by atoms with Crippen LogP contribution in [-0.2, 0) is 31.7 Å². The molecule has 0 aromatic rings. The maximum Gasteiger partial charge on any atom is 3.00 e. The van der Waals surface area contributed by atoms with Gasteiger partial charge in [0.2, 0.25) is 0 Å². The maximum absolute atomic E-state index is 10.1. The van der Waals surface area contributed by atoms with Gasteiger partial charge in [0.05, 0.1) is 0 Å². The average Bonchev–Trinajstić information content (AvgIpc) is 1.61. The molecule has 4 heteroatoms. The van der Waals surface area contributed by atoms with Crippen LogP contribution in [0.25, 0.3) is 0 Å². The minimum atomic E-state index is -0.416. The number of ketones is 1. The van der Waals surface area contributed by atoms with E-state index in [-0.39, 0.29) is 29.8 Å². The summed E-state index contributed by atoms with van der Waals surface area (Å²) in [5.74, 6) is -0.555. The fourth-order valence-corrected chi connectivity index (χ4v) is 0.203. The summed E-state index contributed by atoms with van der Waals surface area (Å²) >= 11 is 0. The molecule has 0 N–H and O–H groups in total. The molecule has 0 aliphatic carbocycles. The molecule has 0 fully saturated rings. The Kier molecular flexibility index (Phi) is 7.39. The molecule has 0 atom stereocenters. The number of hydrogen-bond donors (Lipinski definition) is 0. The predicted molar refractivity (Wildman–Crippen MR) is 27.3 cm³/mol. The average molecular weight is 168 g/mol. The summed E-state index contributed by atoms with van der Waals surface area (Å²) in [6, 6.07) is 0. The third-order valence-corrected chi connectivity index (χ3v) is 0.479. The first-order valence-electron chi connectivity index (χ1n) is 2.25. The molecule has 0 spiro atoms. The topological polar surface area (TPSA) is 43.4 Å². The first-order chi connectivity index (χ1) is 3.63.